The van der Waals surface area contributed by atoms with Crippen LogP contribution < -0.4 is 4.74 Å². The van der Waals surface area contributed by atoms with Gasteiger partial charge in [0.05, 0.1) is 22.4 Å². The summed E-state index contributed by atoms with van der Waals surface area (Å²) in [5.41, 5.74) is 9.60. The number of aromatic nitrogens is 4. The second-order valence-corrected chi connectivity index (χ2v) is 15.2. The Kier molecular flexibility index (Phi) is 7.87. The van der Waals surface area contributed by atoms with Crippen molar-refractivity contribution in [2.24, 2.45) is 0 Å². The lowest BCUT2D eigenvalue weighted by molar-refractivity contribution is 0.482. The minimum Gasteiger partial charge on any atom is -0.457 e. The van der Waals surface area contributed by atoms with Gasteiger partial charge >= 0.3 is 0 Å². The Balaban J connectivity index is 1.24. The Labute approximate surface area is 299 Å². The number of ether oxygens (including phenoxy) is 1. The maximum absolute atomic E-state index is 6.67. The van der Waals surface area contributed by atoms with Crippen molar-refractivity contribution >= 4 is 21.8 Å². The number of para-hydroxylation sites is 1. The van der Waals surface area contributed by atoms with Crippen molar-refractivity contribution in [1.82, 2.24) is 19.3 Å². The first-order valence-electron chi connectivity index (χ1n) is 17.6. The Morgan fingerprint density at radius 2 is 1.22 bits per heavy atom. The van der Waals surface area contributed by atoms with Crippen molar-refractivity contribution in [2.45, 2.75) is 52.4 Å². The zero-order chi connectivity index (χ0) is 35.3. The zero-order valence-electron chi connectivity index (χ0n) is 30.1. The molecule has 0 atom stereocenters. The topological polar surface area (TPSA) is 44.9 Å². The molecular weight excluding hydrogens is 625 g/mol. The average Bonchev–Trinajstić information content (AvgIpc) is 3.70. The van der Waals surface area contributed by atoms with Crippen molar-refractivity contribution in [3.05, 3.63) is 157 Å². The molecule has 0 bridgehead atoms. The molecule has 5 heteroatoms. The van der Waals surface area contributed by atoms with E-state index in [1.165, 1.54) is 10.9 Å². The molecule has 51 heavy (non-hydrogen) atoms. The number of hydrogen-bond donors (Lipinski definition) is 0. The molecule has 8 rings (SSSR count). The zero-order valence-corrected chi connectivity index (χ0v) is 30.1. The molecule has 8 aromatic rings. The summed E-state index contributed by atoms with van der Waals surface area (Å²) in [6.45, 7) is 13.5. The summed E-state index contributed by atoms with van der Waals surface area (Å²) >= 11 is 0. The molecule has 0 saturated heterocycles. The van der Waals surface area contributed by atoms with Gasteiger partial charge in [-0.3, -0.25) is 4.57 Å². The van der Waals surface area contributed by atoms with Gasteiger partial charge < -0.3 is 4.74 Å². The number of rotatable bonds is 6. The van der Waals surface area contributed by atoms with Crippen LogP contribution in [0.5, 0.6) is 11.5 Å². The van der Waals surface area contributed by atoms with Crippen LogP contribution in [0.25, 0.3) is 55.7 Å². The number of fused-ring (bicyclic) bond motifs is 3. The lowest BCUT2D eigenvalue weighted by atomic mass is 9.85. The van der Waals surface area contributed by atoms with Gasteiger partial charge in [0, 0.05) is 45.6 Å². The fraction of sp³-hybridized carbons (Fsp3) is 0.174. The van der Waals surface area contributed by atoms with Gasteiger partial charge in [-0.15, -0.1) is 0 Å². The van der Waals surface area contributed by atoms with Crippen LogP contribution in [0.15, 0.2) is 146 Å². The molecule has 3 heterocycles. The molecule has 0 aliphatic carbocycles. The molecule has 0 aliphatic heterocycles. The van der Waals surface area contributed by atoms with E-state index in [4.69, 9.17) is 14.8 Å². The van der Waals surface area contributed by atoms with Crippen LogP contribution in [0.4, 0.5) is 0 Å². The second kappa shape index (κ2) is 12.4. The highest BCUT2D eigenvalue weighted by Crippen LogP contribution is 2.42. The molecule has 3 aromatic heterocycles. The second-order valence-electron chi connectivity index (χ2n) is 15.2. The van der Waals surface area contributed by atoms with Crippen LogP contribution in [0.3, 0.4) is 0 Å². The molecule has 0 radical (unpaired) electrons. The molecule has 5 aromatic carbocycles. The van der Waals surface area contributed by atoms with Crippen molar-refractivity contribution < 1.29 is 4.74 Å². The van der Waals surface area contributed by atoms with Crippen LogP contribution in [-0.2, 0) is 10.8 Å². The molecule has 0 unspecified atom stereocenters. The Hall–Kier alpha value is -5.94. The van der Waals surface area contributed by atoms with Gasteiger partial charge in [-0.1, -0.05) is 126 Å². The van der Waals surface area contributed by atoms with Crippen LogP contribution >= 0.6 is 0 Å². The number of hydrogen-bond acceptors (Lipinski definition) is 3. The van der Waals surface area contributed by atoms with Gasteiger partial charge in [0.25, 0.3) is 0 Å². The monoisotopic (exact) mass is 666 g/mol. The number of pyridine rings is 1. The maximum atomic E-state index is 6.67. The smallest absolute Gasteiger partial charge is 0.137 e. The fourth-order valence-corrected chi connectivity index (χ4v) is 7.06. The van der Waals surface area contributed by atoms with Gasteiger partial charge in [0.1, 0.15) is 23.0 Å². The van der Waals surface area contributed by atoms with Gasteiger partial charge in [0.2, 0.25) is 0 Å². The highest BCUT2D eigenvalue weighted by atomic mass is 16.5. The summed E-state index contributed by atoms with van der Waals surface area (Å²) in [4.78, 5) is 4.85. The van der Waals surface area contributed by atoms with Crippen molar-refractivity contribution in [2.75, 3.05) is 0 Å². The van der Waals surface area contributed by atoms with Gasteiger partial charge in [-0.25, -0.2) is 9.67 Å². The summed E-state index contributed by atoms with van der Waals surface area (Å²) in [5.74, 6) is 2.38. The number of nitrogens with zero attached hydrogens (tertiary/aromatic N) is 4. The van der Waals surface area contributed by atoms with E-state index in [9.17, 15) is 0 Å². The van der Waals surface area contributed by atoms with Crippen molar-refractivity contribution in [3.8, 4) is 45.4 Å². The third-order valence-electron chi connectivity index (χ3n) is 9.49. The first-order valence-corrected chi connectivity index (χ1v) is 17.6. The van der Waals surface area contributed by atoms with E-state index in [1.807, 2.05) is 24.4 Å². The third-order valence-corrected chi connectivity index (χ3v) is 9.49. The van der Waals surface area contributed by atoms with E-state index < -0.39 is 0 Å². The van der Waals surface area contributed by atoms with E-state index in [0.717, 1.165) is 67.5 Å². The summed E-state index contributed by atoms with van der Waals surface area (Å²) in [6.07, 6.45) is 1.91. The first-order chi connectivity index (χ1) is 24.6. The number of benzene rings is 5. The normalized spacial score (nSPS) is 12.1. The summed E-state index contributed by atoms with van der Waals surface area (Å²) in [7, 11) is 0. The largest absolute Gasteiger partial charge is 0.457 e. The van der Waals surface area contributed by atoms with E-state index in [0.29, 0.717) is 0 Å². The first kappa shape index (κ1) is 32.3. The minimum atomic E-state index is -0.209. The molecule has 0 saturated carbocycles. The average molecular weight is 667 g/mol. The highest BCUT2D eigenvalue weighted by Gasteiger charge is 2.30. The molecule has 5 nitrogen and oxygen atoms in total. The quantitative estimate of drug-likeness (QED) is 0.177. The molecule has 0 spiro atoms. The van der Waals surface area contributed by atoms with E-state index >= 15 is 0 Å². The van der Waals surface area contributed by atoms with Crippen LogP contribution in [0, 0.1) is 0 Å². The highest BCUT2D eigenvalue weighted by molar-refractivity contribution is 6.09. The van der Waals surface area contributed by atoms with Gasteiger partial charge in [-0.05, 0) is 59.0 Å². The maximum Gasteiger partial charge on any atom is 0.137 e. The molecular formula is C46H42N4O. The van der Waals surface area contributed by atoms with Crippen LogP contribution in [0.1, 0.15) is 52.8 Å². The van der Waals surface area contributed by atoms with Crippen molar-refractivity contribution in [1.29, 1.82) is 0 Å². The molecule has 0 amide bonds. The Morgan fingerprint density at radius 1 is 0.549 bits per heavy atom. The predicted molar refractivity (Wildman–Crippen MR) is 210 cm³/mol. The van der Waals surface area contributed by atoms with Crippen molar-refractivity contribution in [3.63, 3.8) is 0 Å². The Bertz CT molecular complexity index is 2510. The lowest BCUT2D eigenvalue weighted by Crippen LogP contribution is -2.18. The summed E-state index contributed by atoms with van der Waals surface area (Å²) in [6, 6.07) is 48.5. The summed E-state index contributed by atoms with van der Waals surface area (Å²) < 4.78 is 11.0. The Morgan fingerprint density at radius 3 is 1.94 bits per heavy atom. The molecule has 0 aliphatic rings. The molecule has 0 fully saturated rings. The predicted octanol–water partition coefficient (Wildman–Crippen LogP) is 12.1. The standard InChI is InChI=1S/C46H42N4O/c1-45(2,3)33-26-27-47-41(28-33)49-39-23-14-13-22-37(39)38-25-24-36(30-40(38)49)51-35-21-15-20-34(29-35)50-44(46(4,5)6)42(31-16-9-7-10-17-31)43(48-50)32-18-11-8-12-19-32/h7-30H,1-6H3. The van der Waals surface area contributed by atoms with Crippen LogP contribution in [-0.4, -0.2) is 19.3 Å². The SMILES string of the molecule is CC(C)(C)c1ccnc(-n2c3ccccc3c3ccc(Oc4cccc(-n5nc(-c6ccccc6)c(-c6ccccc6)c5C(C)(C)C)c4)cc32)c1. The molecule has 252 valence electrons. The van der Waals surface area contributed by atoms with E-state index in [2.05, 4.69) is 172 Å². The van der Waals surface area contributed by atoms with E-state index in [-0.39, 0.29) is 10.8 Å². The fourth-order valence-electron chi connectivity index (χ4n) is 7.06. The van der Waals surface area contributed by atoms with Crippen LogP contribution in [0.2, 0.25) is 0 Å². The minimum absolute atomic E-state index is 0.000881. The van der Waals surface area contributed by atoms with E-state index in [1.54, 1.807) is 0 Å². The summed E-state index contributed by atoms with van der Waals surface area (Å²) in [5, 5.41) is 7.66. The molecule has 0 N–H and O–H groups in total. The van der Waals surface area contributed by atoms with Gasteiger partial charge in [0.15, 0.2) is 0 Å². The van der Waals surface area contributed by atoms with Gasteiger partial charge in [-0.2, -0.15) is 5.10 Å². The third kappa shape index (κ3) is 5.99. The lowest BCUT2D eigenvalue weighted by Gasteiger charge is -2.23.